The van der Waals surface area contributed by atoms with Crippen LogP contribution in [-0.4, -0.2) is 43.8 Å². The average Bonchev–Trinajstić information content (AvgIpc) is 3.56. The lowest BCUT2D eigenvalue weighted by molar-refractivity contribution is -0.385. The molecule has 0 spiro atoms. The van der Waals surface area contributed by atoms with Crippen molar-refractivity contribution in [3.8, 4) is 5.75 Å². The van der Waals surface area contributed by atoms with Gasteiger partial charge in [0.2, 0.25) is 10.0 Å². The van der Waals surface area contributed by atoms with E-state index in [4.69, 9.17) is 4.74 Å². The number of benzene rings is 2. The maximum atomic E-state index is 13.3. The van der Waals surface area contributed by atoms with Crippen molar-refractivity contribution in [1.82, 2.24) is 9.62 Å². The molecule has 0 bridgehead atoms. The molecule has 0 unspecified atom stereocenters. The van der Waals surface area contributed by atoms with Gasteiger partial charge in [-0.05, 0) is 36.6 Å². The van der Waals surface area contributed by atoms with Gasteiger partial charge in [0.25, 0.3) is 11.6 Å². The predicted molar refractivity (Wildman–Crippen MR) is 105 cm³/mol. The Morgan fingerprint density at radius 1 is 1.24 bits per heavy atom. The molecule has 2 aromatic rings. The zero-order valence-electron chi connectivity index (χ0n) is 16.0. The molecule has 0 radical (unpaired) electrons. The minimum absolute atomic E-state index is 0.0696. The predicted octanol–water partition coefficient (Wildman–Crippen LogP) is 2.32. The van der Waals surface area contributed by atoms with Crippen molar-refractivity contribution in [2.24, 2.45) is 0 Å². The monoisotopic (exact) mass is 419 g/mol. The number of nitro groups is 1. The molecule has 2 aromatic carbocycles. The highest BCUT2D eigenvalue weighted by Gasteiger charge is 2.39. The Kier molecular flexibility index (Phi) is 5.85. The van der Waals surface area contributed by atoms with Crippen molar-refractivity contribution in [2.45, 2.75) is 30.3 Å². The van der Waals surface area contributed by atoms with Crippen LogP contribution in [0, 0.1) is 10.1 Å². The Bertz CT molecular complexity index is 1030. The standard InChI is InChI=1S/C19H21N3O6S/c1-20-19(23)14-5-3-13(4-6-14)12-21(15-7-8-15)29(26,27)18-10-9-16(22(24)25)11-17(18)28-2/h3-6,9-11,15H,7-8,12H2,1-2H3,(H,20,23). The number of hydrogen-bond acceptors (Lipinski definition) is 6. The van der Waals surface area contributed by atoms with E-state index in [1.165, 1.54) is 24.5 Å². The Morgan fingerprint density at radius 2 is 1.90 bits per heavy atom. The van der Waals surface area contributed by atoms with E-state index in [2.05, 4.69) is 5.32 Å². The Balaban J connectivity index is 1.92. The molecule has 1 aliphatic rings. The first kappa shape index (κ1) is 20.7. The summed E-state index contributed by atoms with van der Waals surface area (Å²) >= 11 is 0. The summed E-state index contributed by atoms with van der Waals surface area (Å²) in [7, 11) is -1.13. The number of amides is 1. The van der Waals surface area contributed by atoms with E-state index in [1.807, 2.05) is 0 Å². The lowest BCUT2D eigenvalue weighted by atomic mass is 10.1. The second kappa shape index (κ2) is 8.18. The van der Waals surface area contributed by atoms with Crippen LogP contribution in [0.5, 0.6) is 5.75 Å². The molecule has 1 N–H and O–H groups in total. The van der Waals surface area contributed by atoms with Crippen LogP contribution in [0.3, 0.4) is 0 Å². The fourth-order valence-corrected chi connectivity index (χ4v) is 4.78. The summed E-state index contributed by atoms with van der Waals surface area (Å²) in [6, 6.07) is 10.0. The summed E-state index contributed by atoms with van der Waals surface area (Å²) in [5, 5.41) is 13.5. The van der Waals surface area contributed by atoms with Crippen LogP contribution >= 0.6 is 0 Å². The maximum absolute atomic E-state index is 13.3. The largest absolute Gasteiger partial charge is 0.495 e. The summed E-state index contributed by atoms with van der Waals surface area (Å²) in [5.41, 5.74) is 0.965. The van der Waals surface area contributed by atoms with E-state index < -0.39 is 14.9 Å². The first-order valence-electron chi connectivity index (χ1n) is 8.93. The molecular weight excluding hydrogens is 398 g/mol. The number of non-ortho nitro benzene ring substituents is 1. The molecule has 10 heteroatoms. The number of rotatable bonds is 8. The van der Waals surface area contributed by atoms with Crippen LogP contribution in [0.2, 0.25) is 0 Å². The first-order chi connectivity index (χ1) is 13.8. The van der Waals surface area contributed by atoms with Gasteiger partial charge in [0, 0.05) is 31.3 Å². The van der Waals surface area contributed by atoms with E-state index in [0.717, 1.165) is 30.5 Å². The second-order valence-corrected chi connectivity index (χ2v) is 8.51. The van der Waals surface area contributed by atoms with Gasteiger partial charge >= 0.3 is 0 Å². The van der Waals surface area contributed by atoms with Crippen molar-refractivity contribution in [2.75, 3.05) is 14.2 Å². The average molecular weight is 419 g/mol. The topological polar surface area (TPSA) is 119 Å². The van der Waals surface area contributed by atoms with Gasteiger partial charge < -0.3 is 10.1 Å². The van der Waals surface area contributed by atoms with Crippen LogP contribution in [0.15, 0.2) is 47.4 Å². The fourth-order valence-electron chi connectivity index (χ4n) is 2.97. The minimum atomic E-state index is -3.95. The maximum Gasteiger partial charge on any atom is 0.273 e. The quantitative estimate of drug-likeness (QED) is 0.518. The highest BCUT2D eigenvalue weighted by atomic mass is 32.2. The van der Waals surface area contributed by atoms with Crippen molar-refractivity contribution in [3.05, 3.63) is 63.7 Å². The molecule has 1 saturated carbocycles. The molecule has 9 nitrogen and oxygen atoms in total. The van der Waals surface area contributed by atoms with E-state index in [9.17, 15) is 23.3 Å². The zero-order valence-corrected chi connectivity index (χ0v) is 16.8. The van der Waals surface area contributed by atoms with E-state index in [0.29, 0.717) is 5.56 Å². The van der Waals surface area contributed by atoms with Crippen LogP contribution in [0.4, 0.5) is 5.69 Å². The number of nitrogens with one attached hydrogen (secondary N) is 1. The van der Waals surface area contributed by atoms with E-state index >= 15 is 0 Å². The van der Waals surface area contributed by atoms with Crippen LogP contribution < -0.4 is 10.1 Å². The molecule has 0 atom stereocenters. The van der Waals surface area contributed by atoms with Crippen molar-refractivity contribution >= 4 is 21.6 Å². The molecule has 0 aromatic heterocycles. The third-order valence-corrected chi connectivity index (χ3v) is 6.62. The summed E-state index contributed by atoms with van der Waals surface area (Å²) in [6.45, 7) is 0.126. The normalized spacial score (nSPS) is 13.9. The Labute approximate surface area is 168 Å². The Morgan fingerprint density at radius 3 is 2.41 bits per heavy atom. The molecule has 0 aliphatic heterocycles. The highest BCUT2D eigenvalue weighted by Crippen LogP contribution is 2.37. The van der Waals surface area contributed by atoms with Gasteiger partial charge in [0.1, 0.15) is 10.6 Å². The van der Waals surface area contributed by atoms with Crippen LogP contribution in [0.25, 0.3) is 0 Å². The summed E-state index contributed by atoms with van der Waals surface area (Å²) in [4.78, 5) is 21.9. The number of ether oxygens (including phenoxy) is 1. The van der Waals surface area contributed by atoms with Crippen molar-refractivity contribution in [3.63, 3.8) is 0 Å². The van der Waals surface area contributed by atoms with Gasteiger partial charge in [-0.15, -0.1) is 0 Å². The van der Waals surface area contributed by atoms with E-state index in [-0.39, 0.29) is 34.8 Å². The van der Waals surface area contributed by atoms with Crippen molar-refractivity contribution in [1.29, 1.82) is 0 Å². The second-order valence-electron chi connectivity index (χ2n) is 6.65. The van der Waals surface area contributed by atoms with Gasteiger partial charge in [-0.3, -0.25) is 14.9 Å². The molecule has 0 heterocycles. The summed E-state index contributed by atoms with van der Waals surface area (Å²) < 4.78 is 33.1. The SMILES string of the molecule is CNC(=O)c1ccc(CN(C2CC2)S(=O)(=O)c2ccc([N+](=O)[O-])cc2OC)cc1. The van der Waals surface area contributed by atoms with Gasteiger partial charge in [-0.25, -0.2) is 8.42 Å². The highest BCUT2D eigenvalue weighted by molar-refractivity contribution is 7.89. The molecule has 1 fully saturated rings. The zero-order chi connectivity index (χ0) is 21.2. The number of nitro benzene ring substituents is 1. The van der Waals surface area contributed by atoms with Gasteiger partial charge in [0.15, 0.2) is 0 Å². The van der Waals surface area contributed by atoms with Gasteiger partial charge in [-0.2, -0.15) is 4.31 Å². The molecular formula is C19H21N3O6S. The first-order valence-corrected chi connectivity index (χ1v) is 10.4. The van der Waals surface area contributed by atoms with Crippen LogP contribution in [-0.2, 0) is 16.6 Å². The molecule has 0 saturated heterocycles. The number of sulfonamides is 1. The Hall–Kier alpha value is -2.98. The minimum Gasteiger partial charge on any atom is -0.495 e. The summed E-state index contributed by atoms with van der Waals surface area (Å²) in [5.74, 6) is -0.293. The van der Waals surface area contributed by atoms with Crippen molar-refractivity contribution < 1.29 is 22.9 Å². The lowest BCUT2D eigenvalue weighted by Gasteiger charge is -2.23. The van der Waals surface area contributed by atoms with Gasteiger partial charge in [-0.1, -0.05) is 12.1 Å². The number of nitrogens with zero attached hydrogens (tertiary/aromatic N) is 2. The number of carbonyl (C=O) groups excluding carboxylic acids is 1. The molecule has 3 rings (SSSR count). The molecule has 154 valence electrons. The van der Waals surface area contributed by atoms with E-state index in [1.54, 1.807) is 24.3 Å². The smallest absolute Gasteiger partial charge is 0.273 e. The number of hydrogen-bond donors (Lipinski definition) is 1. The molecule has 29 heavy (non-hydrogen) atoms. The fraction of sp³-hybridized carbons (Fsp3) is 0.316. The molecule has 1 aliphatic carbocycles. The third kappa shape index (κ3) is 4.38. The molecule has 1 amide bonds. The number of methoxy groups -OCH3 is 1. The lowest BCUT2D eigenvalue weighted by Crippen LogP contribution is -2.33. The third-order valence-electron chi connectivity index (χ3n) is 4.68. The number of carbonyl (C=O) groups is 1. The summed E-state index contributed by atoms with van der Waals surface area (Å²) in [6.07, 6.45) is 1.48. The van der Waals surface area contributed by atoms with Gasteiger partial charge in [0.05, 0.1) is 18.1 Å². The van der Waals surface area contributed by atoms with Crippen LogP contribution in [0.1, 0.15) is 28.8 Å².